The SMILES string of the molecule is O=C(NCc1cccc(-n2cccn2)c1)N1CCCN(C(=O)c2ccccc2Cl)CC1. The largest absolute Gasteiger partial charge is 0.337 e. The quantitative estimate of drug-likeness (QED) is 0.678. The predicted molar refractivity (Wildman–Crippen MR) is 119 cm³/mol. The zero-order valence-electron chi connectivity index (χ0n) is 17.1. The Morgan fingerprint density at radius 1 is 0.968 bits per heavy atom. The van der Waals surface area contributed by atoms with E-state index in [4.69, 9.17) is 11.6 Å². The summed E-state index contributed by atoms with van der Waals surface area (Å²) in [4.78, 5) is 29.0. The van der Waals surface area contributed by atoms with Crippen molar-refractivity contribution in [3.63, 3.8) is 0 Å². The number of carbonyl (C=O) groups is 2. The van der Waals surface area contributed by atoms with E-state index >= 15 is 0 Å². The van der Waals surface area contributed by atoms with Gasteiger partial charge in [-0.3, -0.25) is 4.79 Å². The van der Waals surface area contributed by atoms with E-state index < -0.39 is 0 Å². The number of aromatic nitrogens is 2. The van der Waals surface area contributed by atoms with Crippen LogP contribution >= 0.6 is 11.6 Å². The Morgan fingerprint density at radius 2 is 1.77 bits per heavy atom. The monoisotopic (exact) mass is 437 g/mol. The van der Waals surface area contributed by atoms with Crippen molar-refractivity contribution in [2.75, 3.05) is 26.2 Å². The molecule has 1 N–H and O–H groups in total. The van der Waals surface area contributed by atoms with Gasteiger partial charge in [-0.2, -0.15) is 5.10 Å². The van der Waals surface area contributed by atoms with Crippen molar-refractivity contribution in [3.05, 3.63) is 83.1 Å². The van der Waals surface area contributed by atoms with E-state index in [1.165, 1.54) is 0 Å². The maximum absolute atomic E-state index is 12.8. The Morgan fingerprint density at radius 3 is 2.58 bits per heavy atom. The molecule has 1 aromatic heterocycles. The van der Waals surface area contributed by atoms with Gasteiger partial charge in [0, 0.05) is 45.1 Å². The van der Waals surface area contributed by atoms with Crippen LogP contribution in [0.25, 0.3) is 5.69 Å². The van der Waals surface area contributed by atoms with E-state index in [0.717, 1.165) is 17.7 Å². The third kappa shape index (κ3) is 5.06. The fourth-order valence-electron chi connectivity index (χ4n) is 3.65. The number of hydrogen-bond acceptors (Lipinski definition) is 3. The molecule has 0 aliphatic carbocycles. The molecule has 4 rings (SSSR count). The first kappa shape index (κ1) is 20.9. The maximum Gasteiger partial charge on any atom is 0.317 e. The summed E-state index contributed by atoms with van der Waals surface area (Å²) in [6, 6.07) is 16.7. The molecular formula is C23H24ClN5O2. The van der Waals surface area contributed by atoms with E-state index in [-0.39, 0.29) is 11.9 Å². The van der Waals surface area contributed by atoms with Crippen LogP contribution in [0, 0.1) is 0 Å². The van der Waals surface area contributed by atoms with Gasteiger partial charge in [0.05, 0.1) is 16.3 Å². The fraction of sp³-hybridized carbons (Fsp3) is 0.261. The number of hydrogen-bond donors (Lipinski definition) is 1. The van der Waals surface area contributed by atoms with Gasteiger partial charge in [0.15, 0.2) is 0 Å². The van der Waals surface area contributed by atoms with Crippen LogP contribution in [0.2, 0.25) is 5.02 Å². The summed E-state index contributed by atoms with van der Waals surface area (Å²) in [5.41, 5.74) is 2.44. The summed E-state index contributed by atoms with van der Waals surface area (Å²) in [6.45, 7) is 2.58. The Bertz CT molecular complexity index is 1050. The zero-order chi connectivity index (χ0) is 21.6. The molecule has 7 nitrogen and oxygen atoms in total. The van der Waals surface area contributed by atoms with Gasteiger partial charge in [0.2, 0.25) is 0 Å². The summed E-state index contributed by atoms with van der Waals surface area (Å²) in [6.07, 6.45) is 4.33. The average molecular weight is 438 g/mol. The van der Waals surface area contributed by atoms with E-state index in [9.17, 15) is 9.59 Å². The molecule has 8 heteroatoms. The van der Waals surface area contributed by atoms with Gasteiger partial charge in [-0.1, -0.05) is 35.9 Å². The Balaban J connectivity index is 1.32. The van der Waals surface area contributed by atoms with E-state index in [1.54, 1.807) is 44.9 Å². The number of urea groups is 1. The van der Waals surface area contributed by atoms with Gasteiger partial charge in [0.25, 0.3) is 5.91 Å². The maximum atomic E-state index is 12.8. The molecule has 160 valence electrons. The molecule has 1 fully saturated rings. The number of carbonyl (C=O) groups excluding carboxylic acids is 2. The second-order valence-electron chi connectivity index (χ2n) is 7.39. The van der Waals surface area contributed by atoms with Gasteiger partial charge >= 0.3 is 6.03 Å². The van der Waals surface area contributed by atoms with Crippen molar-refractivity contribution < 1.29 is 9.59 Å². The Labute approximate surface area is 186 Å². The second kappa shape index (κ2) is 9.66. The number of nitrogens with zero attached hydrogens (tertiary/aromatic N) is 4. The Kier molecular flexibility index (Phi) is 6.52. The lowest BCUT2D eigenvalue weighted by atomic mass is 10.2. The van der Waals surface area contributed by atoms with Crippen LogP contribution in [0.5, 0.6) is 0 Å². The molecule has 31 heavy (non-hydrogen) atoms. The molecular weight excluding hydrogens is 414 g/mol. The lowest BCUT2D eigenvalue weighted by Gasteiger charge is -2.23. The number of nitrogens with one attached hydrogen (secondary N) is 1. The predicted octanol–water partition coefficient (Wildman–Crippen LogP) is 3.58. The molecule has 0 saturated carbocycles. The third-order valence-electron chi connectivity index (χ3n) is 5.30. The minimum Gasteiger partial charge on any atom is -0.337 e. The Hall–Kier alpha value is -3.32. The number of halogens is 1. The second-order valence-corrected chi connectivity index (χ2v) is 7.80. The van der Waals surface area contributed by atoms with Gasteiger partial charge in [-0.05, 0) is 42.3 Å². The first-order valence-electron chi connectivity index (χ1n) is 10.3. The molecule has 2 aromatic carbocycles. The van der Waals surface area contributed by atoms with Crippen LogP contribution < -0.4 is 5.32 Å². The number of amides is 3. The first-order chi connectivity index (χ1) is 15.1. The van der Waals surface area contributed by atoms with Crippen LogP contribution in [0.4, 0.5) is 4.79 Å². The van der Waals surface area contributed by atoms with Gasteiger partial charge < -0.3 is 15.1 Å². The first-order valence-corrected chi connectivity index (χ1v) is 10.6. The van der Waals surface area contributed by atoms with Crippen LogP contribution in [-0.4, -0.2) is 57.7 Å². The molecule has 2 heterocycles. The normalized spacial score (nSPS) is 14.2. The van der Waals surface area contributed by atoms with Gasteiger partial charge in [0.1, 0.15) is 0 Å². The minimum absolute atomic E-state index is 0.0942. The highest BCUT2D eigenvalue weighted by Crippen LogP contribution is 2.18. The summed E-state index contributed by atoms with van der Waals surface area (Å²) in [5, 5.41) is 7.67. The summed E-state index contributed by atoms with van der Waals surface area (Å²) < 4.78 is 1.78. The minimum atomic E-state index is -0.128. The van der Waals surface area contributed by atoms with Crippen molar-refractivity contribution in [1.82, 2.24) is 24.9 Å². The highest BCUT2D eigenvalue weighted by atomic mass is 35.5. The molecule has 0 unspecified atom stereocenters. The summed E-state index contributed by atoms with van der Waals surface area (Å²) >= 11 is 6.17. The smallest absolute Gasteiger partial charge is 0.317 e. The number of rotatable bonds is 4. The molecule has 3 amide bonds. The average Bonchev–Trinajstić information content (AvgIpc) is 3.22. The molecule has 0 bridgehead atoms. The molecule has 0 atom stereocenters. The summed E-state index contributed by atoms with van der Waals surface area (Å²) in [5.74, 6) is -0.0942. The van der Waals surface area contributed by atoms with Crippen LogP contribution in [0.15, 0.2) is 67.0 Å². The van der Waals surface area contributed by atoms with Crippen LogP contribution in [0.3, 0.4) is 0 Å². The number of benzene rings is 2. The van der Waals surface area contributed by atoms with E-state index in [2.05, 4.69) is 10.4 Å². The van der Waals surface area contributed by atoms with E-state index in [0.29, 0.717) is 43.3 Å². The molecule has 0 radical (unpaired) electrons. The third-order valence-corrected chi connectivity index (χ3v) is 5.63. The van der Waals surface area contributed by atoms with Gasteiger partial charge in [-0.15, -0.1) is 0 Å². The molecule has 1 aliphatic heterocycles. The van der Waals surface area contributed by atoms with Crippen molar-refractivity contribution in [2.45, 2.75) is 13.0 Å². The molecule has 3 aromatic rings. The standard InChI is InChI=1S/C23H24ClN5O2/c24-21-9-2-1-8-20(21)22(30)27-11-5-12-28(15-14-27)23(31)25-17-18-6-3-7-19(16-18)29-13-4-10-26-29/h1-4,6-10,13,16H,5,11-12,14-15,17H2,(H,25,31). The van der Waals surface area contributed by atoms with E-state index in [1.807, 2.05) is 36.5 Å². The lowest BCUT2D eigenvalue weighted by Crippen LogP contribution is -2.42. The van der Waals surface area contributed by atoms with Crippen molar-refractivity contribution in [2.24, 2.45) is 0 Å². The lowest BCUT2D eigenvalue weighted by molar-refractivity contribution is 0.0762. The van der Waals surface area contributed by atoms with Crippen LogP contribution in [-0.2, 0) is 6.54 Å². The molecule has 1 aliphatic rings. The summed E-state index contributed by atoms with van der Waals surface area (Å²) in [7, 11) is 0. The van der Waals surface area contributed by atoms with Gasteiger partial charge in [-0.25, -0.2) is 9.48 Å². The highest BCUT2D eigenvalue weighted by Gasteiger charge is 2.23. The van der Waals surface area contributed by atoms with Crippen molar-refractivity contribution in [1.29, 1.82) is 0 Å². The molecule has 1 saturated heterocycles. The van der Waals surface area contributed by atoms with Crippen molar-refractivity contribution in [3.8, 4) is 5.69 Å². The fourth-order valence-corrected chi connectivity index (χ4v) is 3.87. The highest BCUT2D eigenvalue weighted by molar-refractivity contribution is 6.33. The van der Waals surface area contributed by atoms with Crippen LogP contribution in [0.1, 0.15) is 22.3 Å². The topological polar surface area (TPSA) is 70.5 Å². The zero-order valence-corrected chi connectivity index (χ0v) is 17.8. The van der Waals surface area contributed by atoms with Crippen molar-refractivity contribution >= 4 is 23.5 Å². The molecule has 0 spiro atoms.